The molecule has 0 aliphatic rings. The van der Waals surface area contributed by atoms with E-state index in [2.05, 4.69) is 20.3 Å². The molecule has 6 nitrogen and oxygen atoms in total. The van der Waals surface area contributed by atoms with Gasteiger partial charge in [-0.15, -0.1) is 0 Å². The van der Waals surface area contributed by atoms with Gasteiger partial charge in [0.1, 0.15) is 11.4 Å². The molecular formula is C12H13N3O3. The molecule has 0 atom stereocenters. The normalized spacial score (nSPS) is 10.1. The Morgan fingerprint density at radius 1 is 1.33 bits per heavy atom. The summed E-state index contributed by atoms with van der Waals surface area (Å²) in [5, 5.41) is 9.66. The van der Waals surface area contributed by atoms with Crippen LogP contribution in [0.3, 0.4) is 0 Å². The van der Waals surface area contributed by atoms with Gasteiger partial charge in [0.2, 0.25) is 0 Å². The van der Waals surface area contributed by atoms with Gasteiger partial charge in [-0.3, -0.25) is 4.79 Å². The number of para-hydroxylation sites is 1. The summed E-state index contributed by atoms with van der Waals surface area (Å²) in [7, 11) is 0. The van der Waals surface area contributed by atoms with Crippen LogP contribution >= 0.6 is 0 Å². The highest BCUT2D eigenvalue weighted by molar-refractivity contribution is 5.91. The number of hydrogen-bond donors (Lipinski definition) is 1. The van der Waals surface area contributed by atoms with Crippen molar-refractivity contribution in [2.75, 3.05) is 11.9 Å². The van der Waals surface area contributed by atoms with Crippen LogP contribution < -0.4 is 10.1 Å². The first-order valence-electron chi connectivity index (χ1n) is 5.44. The molecule has 1 aromatic carbocycles. The van der Waals surface area contributed by atoms with Crippen LogP contribution in [0.25, 0.3) is 0 Å². The Bertz CT molecular complexity index is 551. The molecule has 2 aromatic rings. The van der Waals surface area contributed by atoms with Crippen LogP contribution in [0.5, 0.6) is 5.75 Å². The van der Waals surface area contributed by atoms with Gasteiger partial charge in [0, 0.05) is 0 Å². The van der Waals surface area contributed by atoms with Crippen LogP contribution in [0, 0.1) is 13.8 Å². The molecule has 0 saturated heterocycles. The topological polar surface area (TPSA) is 77.2 Å². The molecule has 0 saturated carbocycles. The molecule has 1 N–H and O–H groups in total. The second kappa shape index (κ2) is 5.31. The Labute approximate surface area is 104 Å². The van der Waals surface area contributed by atoms with E-state index in [0.29, 0.717) is 17.3 Å². The van der Waals surface area contributed by atoms with Crippen molar-refractivity contribution in [3.8, 4) is 5.75 Å². The van der Waals surface area contributed by atoms with E-state index in [0.717, 1.165) is 5.56 Å². The number of nitrogens with zero attached hydrogens (tertiary/aromatic N) is 2. The third-order valence-electron chi connectivity index (χ3n) is 2.36. The lowest BCUT2D eigenvalue weighted by molar-refractivity contribution is -0.118. The largest absolute Gasteiger partial charge is 0.483 e. The molecule has 2 rings (SSSR count). The zero-order valence-electron chi connectivity index (χ0n) is 10.1. The summed E-state index contributed by atoms with van der Waals surface area (Å²) in [6.45, 7) is 3.52. The number of anilines is 1. The standard InChI is InChI=1S/C12H13N3O3/c1-8-5-3-4-6-10(8)17-7-11(16)13-12-9(2)14-18-15-12/h3-6H,7H2,1-2H3,(H,13,15,16). The van der Waals surface area contributed by atoms with E-state index in [-0.39, 0.29) is 12.5 Å². The third-order valence-corrected chi connectivity index (χ3v) is 2.36. The Kier molecular flexibility index (Phi) is 3.57. The maximum Gasteiger partial charge on any atom is 0.263 e. The Morgan fingerprint density at radius 2 is 2.11 bits per heavy atom. The Morgan fingerprint density at radius 3 is 2.78 bits per heavy atom. The van der Waals surface area contributed by atoms with Gasteiger partial charge in [-0.2, -0.15) is 0 Å². The summed E-state index contributed by atoms with van der Waals surface area (Å²) in [6.07, 6.45) is 0. The van der Waals surface area contributed by atoms with Gasteiger partial charge in [-0.1, -0.05) is 23.4 Å². The van der Waals surface area contributed by atoms with Crippen LogP contribution in [0.4, 0.5) is 5.82 Å². The molecule has 1 aromatic heterocycles. The third kappa shape index (κ3) is 2.85. The van der Waals surface area contributed by atoms with E-state index < -0.39 is 0 Å². The first-order valence-corrected chi connectivity index (χ1v) is 5.44. The highest BCUT2D eigenvalue weighted by Gasteiger charge is 2.10. The zero-order valence-corrected chi connectivity index (χ0v) is 10.1. The molecule has 18 heavy (non-hydrogen) atoms. The Balaban J connectivity index is 1.90. The lowest BCUT2D eigenvalue weighted by atomic mass is 10.2. The lowest BCUT2D eigenvalue weighted by Gasteiger charge is -2.07. The molecule has 0 aliphatic carbocycles. The van der Waals surface area contributed by atoms with E-state index in [1.165, 1.54) is 0 Å². The van der Waals surface area contributed by atoms with Gasteiger partial charge >= 0.3 is 0 Å². The Hall–Kier alpha value is -2.37. The number of carbonyl (C=O) groups is 1. The molecule has 0 fully saturated rings. The fraction of sp³-hybridized carbons (Fsp3) is 0.250. The number of ether oxygens (including phenoxy) is 1. The minimum absolute atomic E-state index is 0.0862. The molecule has 0 bridgehead atoms. The minimum atomic E-state index is -0.308. The molecule has 6 heteroatoms. The lowest BCUT2D eigenvalue weighted by Crippen LogP contribution is -2.21. The van der Waals surface area contributed by atoms with Crippen molar-refractivity contribution in [1.29, 1.82) is 0 Å². The maximum absolute atomic E-state index is 11.6. The quantitative estimate of drug-likeness (QED) is 0.889. The summed E-state index contributed by atoms with van der Waals surface area (Å²) in [4.78, 5) is 11.6. The van der Waals surface area contributed by atoms with Crippen molar-refractivity contribution in [1.82, 2.24) is 10.3 Å². The minimum Gasteiger partial charge on any atom is -0.483 e. The number of aromatic nitrogens is 2. The average molecular weight is 247 g/mol. The number of carbonyl (C=O) groups excluding carboxylic acids is 1. The monoisotopic (exact) mass is 247 g/mol. The summed E-state index contributed by atoms with van der Waals surface area (Å²) in [5.74, 6) is 0.688. The molecular weight excluding hydrogens is 234 g/mol. The second-order valence-electron chi connectivity index (χ2n) is 3.80. The molecule has 0 aliphatic heterocycles. The first kappa shape index (κ1) is 12.1. The van der Waals surface area contributed by atoms with E-state index in [1.807, 2.05) is 31.2 Å². The molecule has 0 radical (unpaired) electrons. The van der Waals surface area contributed by atoms with Crippen molar-refractivity contribution in [2.24, 2.45) is 0 Å². The van der Waals surface area contributed by atoms with Crippen LogP contribution in [0.1, 0.15) is 11.3 Å². The SMILES string of the molecule is Cc1ccccc1OCC(=O)Nc1nonc1C. The van der Waals surface area contributed by atoms with Gasteiger partial charge in [0.05, 0.1) is 0 Å². The second-order valence-corrected chi connectivity index (χ2v) is 3.80. The van der Waals surface area contributed by atoms with Crippen LogP contribution in [-0.2, 0) is 4.79 Å². The van der Waals surface area contributed by atoms with Crippen molar-refractivity contribution >= 4 is 11.7 Å². The summed E-state index contributed by atoms with van der Waals surface area (Å²) in [5.41, 5.74) is 1.50. The fourth-order valence-electron chi connectivity index (χ4n) is 1.37. The number of rotatable bonds is 4. The van der Waals surface area contributed by atoms with Gasteiger partial charge in [0.15, 0.2) is 12.4 Å². The van der Waals surface area contributed by atoms with Gasteiger partial charge in [0.25, 0.3) is 5.91 Å². The van der Waals surface area contributed by atoms with Crippen molar-refractivity contribution in [3.05, 3.63) is 35.5 Å². The number of hydrogen-bond acceptors (Lipinski definition) is 5. The highest BCUT2D eigenvalue weighted by atomic mass is 16.6. The zero-order chi connectivity index (χ0) is 13.0. The average Bonchev–Trinajstić information content (AvgIpc) is 2.74. The first-order chi connectivity index (χ1) is 8.66. The molecule has 94 valence electrons. The smallest absolute Gasteiger partial charge is 0.263 e. The predicted molar refractivity (Wildman–Crippen MR) is 64.3 cm³/mol. The molecule has 1 amide bonds. The van der Waals surface area contributed by atoms with Crippen LogP contribution in [0.15, 0.2) is 28.9 Å². The van der Waals surface area contributed by atoms with Crippen LogP contribution in [0.2, 0.25) is 0 Å². The predicted octanol–water partition coefficient (Wildman–Crippen LogP) is 1.70. The van der Waals surface area contributed by atoms with Crippen LogP contribution in [-0.4, -0.2) is 22.8 Å². The van der Waals surface area contributed by atoms with Gasteiger partial charge < -0.3 is 10.1 Å². The van der Waals surface area contributed by atoms with Gasteiger partial charge in [-0.05, 0) is 30.6 Å². The maximum atomic E-state index is 11.6. The number of aryl methyl sites for hydroxylation is 2. The number of nitrogens with one attached hydrogen (secondary N) is 1. The van der Waals surface area contributed by atoms with Crippen molar-refractivity contribution < 1.29 is 14.2 Å². The van der Waals surface area contributed by atoms with E-state index in [9.17, 15) is 4.79 Å². The fourth-order valence-corrected chi connectivity index (χ4v) is 1.37. The van der Waals surface area contributed by atoms with Gasteiger partial charge in [-0.25, -0.2) is 4.63 Å². The highest BCUT2D eigenvalue weighted by Crippen LogP contribution is 2.16. The molecule has 1 heterocycles. The van der Waals surface area contributed by atoms with E-state index >= 15 is 0 Å². The summed E-state index contributed by atoms with van der Waals surface area (Å²) < 4.78 is 9.87. The number of amides is 1. The summed E-state index contributed by atoms with van der Waals surface area (Å²) >= 11 is 0. The van der Waals surface area contributed by atoms with Crippen molar-refractivity contribution in [3.63, 3.8) is 0 Å². The van der Waals surface area contributed by atoms with E-state index in [4.69, 9.17) is 4.74 Å². The van der Waals surface area contributed by atoms with Crippen molar-refractivity contribution in [2.45, 2.75) is 13.8 Å². The number of benzene rings is 1. The molecule has 0 unspecified atom stereocenters. The van der Waals surface area contributed by atoms with E-state index in [1.54, 1.807) is 6.92 Å². The summed E-state index contributed by atoms with van der Waals surface area (Å²) in [6, 6.07) is 7.49. The molecule has 0 spiro atoms.